The van der Waals surface area contributed by atoms with Gasteiger partial charge in [0.15, 0.2) is 11.5 Å². The first kappa shape index (κ1) is 20.6. The first-order valence-electron chi connectivity index (χ1n) is 9.17. The lowest BCUT2D eigenvalue weighted by Gasteiger charge is -2.24. The Morgan fingerprint density at radius 1 is 1.00 bits per heavy atom. The van der Waals surface area contributed by atoms with Crippen LogP contribution in [0.5, 0.6) is 11.5 Å². The molecule has 1 aliphatic heterocycles. The van der Waals surface area contributed by atoms with Gasteiger partial charge in [0.2, 0.25) is 6.10 Å². The van der Waals surface area contributed by atoms with E-state index in [1.165, 1.54) is 25.3 Å². The van der Waals surface area contributed by atoms with Gasteiger partial charge in [-0.2, -0.15) is 8.78 Å². The molecular formula is C21H21F2NO5. The predicted octanol–water partition coefficient (Wildman–Crippen LogP) is 3.82. The number of nitrogens with zero attached hydrogens (tertiary/aromatic N) is 1. The average Bonchev–Trinajstić information content (AvgIpc) is 3.26. The molecule has 0 N–H and O–H groups in total. The third-order valence-electron chi connectivity index (χ3n) is 4.59. The zero-order chi connectivity index (χ0) is 20.8. The number of hydrogen-bond acceptors (Lipinski definition) is 5. The summed E-state index contributed by atoms with van der Waals surface area (Å²) in [6.45, 7) is -1.99. The van der Waals surface area contributed by atoms with Crippen molar-refractivity contribution in [2.45, 2.75) is 25.6 Å². The highest BCUT2D eigenvalue weighted by atomic mass is 19.3. The Hall–Kier alpha value is -3.16. The molecule has 29 heavy (non-hydrogen) atoms. The molecule has 0 bridgehead atoms. The highest BCUT2D eigenvalue weighted by Crippen LogP contribution is 2.34. The molecule has 6 nitrogen and oxygen atoms in total. The number of likely N-dealkylation sites (tertiary alicyclic amines) is 1. The molecule has 1 unspecified atom stereocenters. The molecule has 0 radical (unpaired) electrons. The van der Waals surface area contributed by atoms with E-state index >= 15 is 0 Å². The number of rotatable bonds is 7. The van der Waals surface area contributed by atoms with Crippen LogP contribution in [0.25, 0.3) is 0 Å². The summed E-state index contributed by atoms with van der Waals surface area (Å²) in [4.78, 5) is 27.4. The lowest BCUT2D eigenvalue weighted by Crippen LogP contribution is -2.35. The van der Waals surface area contributed by atoms with Gasteiger partial charge in [0, 0.05) is 18.7 Å². The number of carbonyl (C=O) groups is 2. The van der Waals surface area contributed by atoms with Crippen molar-refractivity contribution in [1.82, 2.24) is 4.90 Å². The van der Waals surface area contributed by atoms with E-state index in [-0.39, 0.29) is 17.2 Å². The van der Waals surface area contributed by atoms with E-state index in [2.05, 4.69) is 4.74 Å². The Morgan fingerprint density at radius 3 is 2.31 bits per heavy atom. The number of esters is 1. The van der Waals surface area contributed by atoms with E-state index < -0.39 is 24.4 Å². The molecule has 0 aliphatic carbocycles. The second-order valence-electron chi connectivity index (χ2n) is 6.44. The maximum atomic E-state index is 13.0. The molecule has 1 saturated heterocycles. The van der Waals surface area contributed by atoms with Crippen molar-refractivity contribution >= 4 is 11.9 Å². The first-order valence-corrected chi connectivity index (χ1v) is 9.17. The van der Waals surface area contributed by atoms with Crippen molar-refractivity contribution in [3.05, 3.63) is 59.7 Å². The van der Waals surface area contributed by atoms with E-state index in [1.807, 2.05) is 0 Å². The van der Waals surface area contributed by atoms with Crippen molar-refractivity contribution < 1.29 is 32.6 Å². The SMILES string of the molecule is COc1cccc(C(=O)OC(C(=O)N2CCCC2)c2ccccc2)c1OC(F)F. The molecule has 2 aromatic rings. The molecule has 1 heterocycles. The van der Waals surface area contributed by atoms with Crippen LogP contribution < -0.4 is 9.47 Å². The number of ether oxygens (including phenoxy) is 3. The van der Waals surface area contributed by atoms with Crippen LogP contribution in [0.1, 0.15) is 34.9 Å². The van der Waals surface area contributed by atoms with Crippen LogP contribution >= 0.6 is 0 Å². The Bertz CT molecular complexity index is 853. The lowest BCUT2D eigenvalue weighted by molar-refractivity contribution is -0.140. The first-order chi connectivity index (χ1) is 14.0. The quantitative estimate of drug-likeness (QED) is 0.656. The third-order valence-corrected chi connectivity index (χ3v) is 4.59. The Morgan fingerprint density at radius 2 is 1.69 bits per heavy atom. The van der Waals surface area contributed by atoms with Gasteiger partial charge in [0.1, 0.15) is 5.56 Å². The van der Waals surface area contributed by atoms with E-state index in [1.54, 1.807) is 35.2 Å². The number of amides is 1. The number of halogens is 2. The van der Waals surface area contributed by atoms with Crippen LogP contribution in [0.3, 0.4) is 0 Å². The van der Waals surface area contributed by atoms with Crippen LogP contribution in [0.2, 0.25) is 0 Å². The zero-order valence-electron chi connectivity index (χ0n) is 15.8. The average molecular weight is 405 g/mol. The van der Waals surface area contributed by atoms with Gasteiger partial charge >= 0.3 is 12.6 Å². The summed E-state index contributed by atoms with van der Waals surface area (Å²) < 4.78 is 40.7. The van der Waals surface area contributed by atoms with Gasteiger partial charge in [-0.25, -0.2) is 4.79 Å². The number of benzene rings is 2. The molecule has 1 atom stereocenters. The molecule has 2 aromatic carbocycles. The number of alkyl halides is 2. The zero-order valence-corrected chi connectivity index (χ0v) is 15.8. The minimum Gasteiger partial charge on any atom is -0.493 e. The van der Waals surface area contributed by atoms with Crippen molar-refractivity contribution in [2.75, 3.05) is 20.2 Å². The maximum Gasteiger partial charge on any atom is 0.387 e. The molecule has 1 aliphatic rings. The standard InChI is InChI=1S/C21H21F2NO5/c1-27-16-11-7-10-15(18(16)29-21(22)23)20(26)28-17(14-8-3-2-4-9-14)19(25)24-12-5-6-13-24/h2-4,7-11,17,21H,5-6,12-13H2,1H3. The van der Waals surface area contributed by atoms with Crippen LogP contribution in [-0.4, -0.2) is 43.6 Å². The lowest BCUT2D eigenvalue weighted by atomic mass is 10.1. The molecule has 154 valence electrons. The van der Waals surface area contributed by atoms with E-state index in [0.29, 0.717) is 18.7 Å². The summed E-state index contributed by atoms with van der Waals surface area (Å²) in [5, 5.41) is 0. The van der Waals surface area contributed by atoms with Crippen molar-refractivity contribution in [3.8, 4) is 11.5 Å². The van der Waals surface area contributed by atoms with Gasteiger partial charge in [-0.1, -0.05) is 36.4 Å². The number of para-hydroxylation sites is 1. The highest BCUT2D eigenvalue weighted by molar-refractivity contribution is 5.96. The number of carbonyl (C=O) groups excluding carboxylic acids is 2. The van der Waals surface area contributed by atoms with E-state index in [4.69, 9.17) is 9.47 Å². The van der Waals surface area contributed by atoms with Crippen molar-refractivity contribution in [2.24, 2.45) is 0 Å². The van der Waals surface area contributed by atoms with Gasteiger partial charge in [-0.3, -0.25) is 4.79 Å². The van der Waals surface area contributed by atoms with Gasteiger partial charge in [0.25, 0.3) is 5.91 Å². The molecule has 8 heteroatoms. The predicted molar refractivity (Wildman–Crippen MR) is 100 cm³/mol. The summed E-state index contributed by atoms with van der Waals surface area (Å²) in [7, 11) is 1.27. The fourth-order valence-electron chi connectivity index (χ4n) is 3.21. The Balaban J connectivity index is 1.92. The van der Waals surface area contributed by atoms with Crippen LogP contribution in [0.15, 0.2) is 48.5 Å². The largest absolute Gasteiger partial charge is 0.493 e. The van der Waals surface area contributed by atoms with Gasteiger partial charge in [0.05, 0.1) is 7.11 Å². The second kappa shape index (κ2) is 9.36. The van der Waals surface area contributed by atoms with Crippen LogP contribution in [0, 0.1) is 0 Å². The summed E-state index contributed by atoms with van der Waals surface area (Å²) >= 11 is 0. The molecule has 0 aromatic heterocycles. The normalized spacial score (nSPS) is 14.6. The molecule has 0 spiro atoms. The third kappa shape index (κ3) is 4.82. The van der Waals surface area contributed by atoms with Crippen LogP contribution in [-0.2, 0) is 9.53 Å². The van der Waals surface area contributed by atoms with Gasteiger partial charge in [-0.05, 0) is 25.0 Å². The molecular weight excluding hydrogens is 384 g/mol. The Labute approximate surface area is 167 Å². The van der Waals surface area contributed by atoms with Gasteiger partial charge in [-0.15, -0.1) is 0 Å². The molecule has 1 amide bonds. The van der Waals surface area contributed by atoms with Crippen LogP contribution in [0.4, 0.5) is 8.78 Å². The van der Waals surface area contributed by atoms with E-state index in [0.717, 1.165) is 12.8 Å². The minimum atomic E-state index is -3.16. The minimum absolute atomic E-state index is 0.0399. The second-order valence-corrected chi connectivity index (χ2v) is 6.44. The summed E-state index contributed by atoms with van der Waals surface area (Å²) in [6.07, 6.45) is 0.569. The van der Waals surface area contributed by atoms with Crippen molar-refractivity contribution in [1.29, 1.82) is 0 Å². The number of hydrogen-bond donors (Lipinski definition) is 0. The summed E-state index contributed by atoms with van der Waals surface area (Å²) in [6, 6.07) is 12.7. The summed E-state index contributed by atoms with van der Waals surface area (Å²) in [5.41, 5.74) is 0.247. The molecule has 0 saturated carbocycles. The maximum absolute atomic E-state index is 13.0. The smallest absolute Gasteiger partial charge is 0.387 e. The molecule has 3 rings (SSSR count). The number of methoxy groups -OCH3 is 1. The fraction of sp³-hybridized carbons (Fsp3) is 0.333. The summed E-state index contributed by atoms with van der Waals surface area (Å²) in [5.74, 6) is -1.78. The monoisotopic (exact) mass is 405 g/mol. The topological polar surface area (TPSA) is 65.1 Å². The fourth-order valence-corrected chi connectivity index (χ4v) is 3.21. The Kier molecular flexibility index (Phi) is 6.64. The molecule has 1 fully saturated rings. The van der Waals surface area contributed by atoms with Crippen molar-refractivity contribution in [3.63, 3.8) is 0 Å². The van der Waals surface area contributed by atoms with E-state index in [9.17, 15) is 18.4 Å². The highest BCUT2D eigenvalue weighted by Gasteiger charge is 2.32. The van der Waals surface area contributed by atoms with Gasteiger partial charge < -0.3 is 19.1 Å².